The fourth-order valence-electron chi connectivity index (χ4n) is 1.84. The Labute approximate surface area is 104 Å². The van der Waals surface area contributed by atoms with Gasteiger partial charge in [-0.05, 0) is 24.6 Å². The molecule has 5 heteroatoms. The van der Waals surface area contributed by atoms with Crippen LogP contribution in [0.3, 0.4) is 0 Å². The lowest BCUT2D eigenvalue weighted by Gasteiger charge is -2.25. The Bertz CT molecular complexity index is 458. The van der Waals surface area contributed by atoms with Gasteiger partial charge in [0.05, 0.1) is 17.9 Å². The van der Waals surface area contributed by atoms with Gasteiger partial charge < -0.3 is 10.5 Å². The number of esters is 1. The van der Waals surface area contributed by atoms with Gasteiger partial charge in [-0.1, -0.05) is 12.1 Å². The first-order chi connectivity index (χ1) is 8.08. The molecule has 4 nitrogen and oxygen atoms in total. The molecule has 0 spiro atoms. The standard InChI is InChI=1S/C12H14N2O2S/c1-12(11(15)16-2)10(17-7-14-12)8-3-5-9(13)6-4-8/h3-7,10H,13H2,1-2H3. The summed E-state index contributed by atoms with van der Waals surface area (Å²) in [6.45, 7) is 1.79. The topological polar surface area (TPSA) is 64.7 Å². The number of nitrogen functional groups attached to an aromatic ring is 1. The van der Waals surface area contributed by atoms with Gasteiger partial charge in [0.1, 0.15) is 0 Å². The molecule has 1 heterocycles. The zero-order valence-electron chi connectivity index (χ0n) is 9.71. The van der Waals surface area contributed by atoms with E-state index in [-0.39, 0.29) is 11.2 Å². The molecule has 0 bridgehead atoms. The van der Waals surface area contributed by atoms with Crippen molar-refractivity contribution in [2.24, 2.45) is 4.99 Å². The second-order valence-electron chi connectivity index (χ2n) is 4.06. The Morgan fingerprint density at radius 3 is 2.71 bits per heavy atom. The van der Waals surface area contributed by atoms with Crippen molar-refractivity contribution < 1.29 is 9.53 Å². The molecule has 90 valence electrons. The lowest BCUT2D eigenvalue weighted by atomic mass is 9.93. The summed E-state index contributed by atoms with van der Waals surface area (Å²) in [5.74, 6) is -0.319. The predicted molar refractivity (Wildman–Crippen MR) is 70.1 cm³/mol. The summed E-state index contributed by atoms with van der Waals surface area (Å²) in [5.41, 5.74) is 8.23. The molecule has 1 aromatic carbocycles. The molecule has 2 unspecified atom stereocenters. The predicted octanol–water partition coefficient (Wildman–Crippen LogP) is 2.02. The zero-order chi connectivity index (χ0) is 12.5. The van der Waals surface area contributed by atoms with Gasteiger partial charge in [0.2, 0.25) is 0 Å². The van der Waals surface area contributed by atoms with Gasteiger partial charge in [-0.15, -0.1) is 11.8 Å². The van der Waals surface area contributed by atoms with Crippen LogP contribution in [-0.4, -0.2) is 24.2 Å². The van der Waals surface area contributed by atoms with Crippen molar-refractivity contribution in [1.29, 1.82) is 0 Å². The van der Waals surface area contributed by atoms with Crippen LogP contribution in [0.1, 0.15) is 17.7 Å². The lowest BCUT2D eigenvalue weighted by Crippen LogP contribution is -2.37. The van der Waals surface area contributed by atoms with Crippen molar-refractivity contribution in [3.8, 4) is 0 Å². The van der Waals surface area contributed by atoms with Crippen molar-refractivity contribution in [1.82, 2.24) is 0 Å². The molecular weight excluding hydrogens is 236 g/mol. The van der Waals surface area contributed by atoms with Crippen molar-refractivity contribution in [2.75, 3.05) is 12.8 Å². The minimum absolute atomic E-state index is 0.0597. The number of hydrogen-bond acceptors (Lipinski definition) is 5. The van der Waals surface area contributed by atoms with E-state index in [1.54, 1.807) is 12.5 Å². The number of carbonyl (C=O) groups is 1. The van der Waals surface area contributed by atoms with Crippen LogP contribution in [0.5, 0.6) is 0 Å². The van der Waals surface area contributed by atoms with Gasteiger partial charge in [0.15, 0.2) is 5.54 Å². The molecule has 1 aliphatic rings. The maximum Gasteiger partial charge on any atom is 0.335 e. The third kappa shape index (κ3) is 2.02. The molecule has 2 N–H and O–H groups in total. The molecule has 2 atom stereocenters. The second-order valence-corrected chi connectivity index (χ2v) is 5.01. The smallest absolute Gasteiger partial charge is 0.335 e. The van der Waals surface area contributed by atoms with Crippen molar-refractivity contribution in [3.63, 3.8) is 0 Å². The van der Waals surface area contributed by atoms with Crippen LogP contribution in [0, 0.1) is 0 Å². The van der Waals surface area contributed by atoms with E-state index >= 15 is 0 Å². The Morgan fingerprint density at radius 2 is 2.12 bits per heavy atom. The molecule has 0 radical (unpaired) electrons. The molecule has 0 aromatic heterocycles. The average molecular weight is 250 g/mol. The summed E-state index contributed by atoms with van der Waals surface area (Å²) in [4.78, 5) is 16.1. The van der Waals surface area contributed by atoms with Crippen molar-refractivity contribution in [3.05, 3.63) is 29.8 Å². The monoisotopic (exact) mass is 250 g/mol. The largest absolute Gasteiger partial charge is 0.467 e. The van der Waals surface area contributed by atoms with Crippen LogP contribution in [0.4, 0.5) is 5.69 Å². The fourth-order valence-corrected chi connectivity index (χ4v) is 2.98. The third-order valence-corrected chi connectivity index (χ3v) is 4.10. The molecule has 0 aliphatic carbocycles. The van der Waals surface area contributed by atoms with Crippen LogP contribution < -0.4 is 5.73 Å². The molecule has 0 fully saturated rings. The first-order valence-electron chi connectivity index (χ1n) is 5.21. The number of ether oxygens (including phenoxy) is 1. The van der Waals surface area contributed by atoms with Crippen LogP contribution in [0.25, 0.3) is 0 Å². The molecule has 0 amide bonds. The van der Waals surface area contributed by atoms with Crippen LogP contribution in [-0.2, 0) is 9.53 Å². The van der Waals surface area contributed by atoms with Crippen molar-refractivity contribution in [2.45, 2.75) is 17.7 Å². The summed E-state index contributed by atoms with van der Waals surface area (Å²) in [7, 11) is 1.38. The second kappa shape index (κ2) is 4.41. The quantitative estimate of drug-likeness (QED) is 0.644. The molecule has 0 saturated heterocycles. The molecule has 2 rings (SSSR count). The Balaban J connectivity index is 2.33. The zero-order valence-corrected chi connectivity index (χ0v) is 10.5. The molecule has 17 heavy (non-hydrogen) atoms. The van der Waals surface area contributed by atoms with E-state index < -0.39 is 5.54 Å². The fraction of sp³-hybridized carbons (Fsp3) is 0.333. The summed E-state index contributed by atoms with van der Waals surface area (Å²) < 4.78 is 4.82. The lowest BCUT2D eigenvalue weighted by molar-refractivity contribution is -0.146. The minimum atomic E-state index is -0.852. The Hall–Kier alpha value is -1.49. The SMILES string of the molecule is COC(=O)C1(C)N=CSC1c1ccc(N)cc1. The normalized spacial score (nSPS) is 27.1. The number of hydrogen-bond donors (Lipinski definition) is 1. The number of aliphatic imine (C=N–C) groups is 1. The Morgan fingerprint density at radius 1 is 1.47 bits per heavy atom. The van der Waals surface area contributed by atoms with Gasteiger partial charge in [0, 0.05) is 5.69 Å². The average Bonchev–Trinajstić information content (AvgIpc) is 2.73. The summed E-state index contributed by atoms with van der Waals surface area (Å²) >= 11 is 1.52. The Kier molecular flexibility index (Phi) is 3.11. The van der Waals surface area contributed by atoms with E-state index in [0.29, 0.717) is 5.69 Å². The van der Waals surface area contributed by atoms with E-state index in [0.717, 1.165) is 5.56 Å². The van der Waals surface area contributed by atoms with Gasteiger partial charge in [-0.25, -0.2) is 4.79 Å². The van der Waals surface area contributed by atoms with Gasteiger partial charge in [0.25, 0.3) is 0 Å². The summed E-state index contributed by atoms with van der Waals surface area (Å²) in [6.07, 6.45) is 0. The molecule has 1 aliphatic heterocycles. The third-order valence-electron chi connectivity index (χ3n) is 2.87. The van der Waals surface area contributed by atoms with E-state index in [1.807, 2.05) is 24.3 Å². The molecular formula is C12H14N2O2S. The highest BCUT2D eigenvalue weighted by atomic mass is 32.2. The first-order valence-corrected chi connectivity index (χ1v) is 6.15. The maximum atomic E-state index is 11.8. The first kappa shape index (κ1) is 12.0. The van der Waals surface area contributed by atoms with E-state index in [1.165, 1.54) is 18.9 Å². The van der Waals surface area contributed by atoms with Crippen LogP contribution in [0.15, 0.2) is 29.3 Å². The number of methoxy groups -OCH3 is 1. The van der Waals surface area contributed by atoms with Gasteiger partial charge in [-0.2, -0.15) is 0 Å². The minimum Gasteiger partial charge on any atom is -0.467 e. The number of nitrogens with zero attached hydrogens (tertiary/aromatic N) is 1. The highest BCUT2D eigenvalue weighted by Gasteiger charge is 2.46. The molecule has 0 saturated carbocycles. The van der Waals surface area contributed by atoms with E-state index in [4.69, 9.17) is 10.5 Å². The number of nitrogens with two attached hydrogens (primary N) is 1. The highest BCUT2D eigenvalue weighted by Crippen LogP contribution is 2.45. The number of thioether (sulfide) groups is 1. The summed E-state index contributed by atoms with van der Waals surface area (Å²) in [5, 5.41) is -0.0597. The van der Waals surface area contributed by atoms with E-state index in [9.17, 15) is 4.79 Å². The van der Waals surface area contributed by atoms with Gasteiger partial charge in [-0.3, -0.25) is 4.99 Å². The highest BCUT2D eigenvalue weighted by molar-refractivity contribution is 8.12. The van der Waals surface area contributed by atoms with Crippen LogP contribution in [0.2, 0.25) is 0 Å². The number of carbonyl (C=O) groups excluding carboxylic acids is 1. The van der Waals surface area contributed by atoms with Gasteiger partial charge >= 0.3 is 5.97 Å². The summed E-state index contributed by atoms with van der Waals surface area (Å²) in [6, 6.07) is 7.49. The van der Waals surface area contributed by atoms with E-state index in [2.05, 4.69) is 4.99 Å². The number of benzene rings is 1. The molecule has 1 aromatic rings. The number of anilines is 1. The van der Waals surface area contributed by atoms with Crippen molar-refractivity contribution >= 4 is 29.0 Å². The number of rotatable bonds is 2. The van der Waals surface area contributed by atoms with Crippen LogP contribution >= 0.6 is 11.8 Å². The maximum absolute atomic E-state index is 11.8.